The molecule has 0 aliphatic rings. The number of ether oxygens (including phenoxy) is 2. The van der Waals surface area contributed by atoms with Crippen LogP contribution in [-0.2, 0) is 0 Å². The Labute approximate surface area is 129 Å². The maximum atomic E-state index is 5.46. The predicted octanol–water partition coefficient (Wildman–Crippen LogP) is 3.47. The van der Waals surface area contributed by atoms with Gasteiger partial charge in [0.15, 0.2) is 11.6 Å². The summed E-state index contributed by atoms with van der Waals surface area (Å²) in [6.45, 7) is 2.95. The fraction of sp³-hybridized carbons (Fsp3) is 0.333. The van der Waals surface area contributed by atoms with Crippen LogP contribution < -0.4 is 14.8 Å². The van der Waals surface area contributed by atoms with Gasteiger partial charge >= 0.3 is 0 Å². The van der Waals surface area contributed by atoms with E-state index in [1.165, 1.54) is 11.8 Å². The molecule has 0 fully saturated rings. The molecule has 0 saturated carbocycles. The highest BCUT2D eigenvalue weighted by Gasteiger charge is 2.13. The number of methoxy groups -OCH3 is 2. The molecule has 1 aromatic heterocycles. The van der Waals surface area contributed by atoms with Gasteiger partial charge in [-0.1, -0.05) is 24.8 Å². The Morgan fingerprint density at radius 1 is 1.19 bits per heavy atom. The number of nitrogens with one attached hydrogen (secondary N) is 1. The number of nitrogens with zero attached hydrogens (tertiary/aromatic N) is 2. The summed E-state index contributed by atoms with van der Waals surface area (Å²) >= 11 is 1.52. The summed E-state index contributed by atoms with van der Waals surface area (Å²) in [5, 5.41) is 4.03. The van der Waals surface area contributed by atoms with E-state index in [9.17, 15) is 0 Å². The fourth-order valence-electron chi connectivity index (χ4n) is 1.76. The van der Waals surface area contributed by atoms with E-state index in [2.05, 4.69) is 22.2 Å². The van der Waals surface area contributed by atoms with E-state index in [0.717, 1.165) is 34.5 Å². The van der Waals surface area contributed by atoms with Crippen LogP contribution in [0.2, 0.25) is 0 Å². The molecule has 2 rings (SSSR count). The van der Waals surface area contributed by atoms with Crippen molar-refractivity contribution in [1.29, 1.82) is 0 Å². The predicted molar refractivity (Wildman–Crippen MR) is 84.5 cm³/mol. The third kappa shape index (κ3) is 4.01. The summed E-state index contributed by atoms with van der Waals surface area (Å²) in [6.07, 6.45) is 2.56. The molecule has 0 amide bonds. The number of rotatable bonds is 7. The normalized spacial score (nSPS) is 10.2. The molecule has 1 N–H and O–H groups in total. The quantitative estimate of drug-likeness (QED) is 0.791. The van der Waals surface area contributed by atoms with Crippen LogP contribution in [0.1, 0.15) is 13.3 Å². The maximum Gasteiger partial charge on any atom is 0.194 e. The van der Waals surface area contributed by atoms with E-state index in [-0.39, 0.29) is 0 Å². The number of aromatic nitrogens is 2. The van der Waals surface area contributed by atoms with E-state index in [4.69, 9.17) is 9.47 Å². The zero-order valence-electron chi connectivity index (χ0n) is 12.4. The molecule has 6 heteroatoms. The molecule has 112 valence electrons. The van der Waals surface area contributed by atoms with Crippen molar-refractivity contribution in [3.63, 3.8) is 0 Å². The van der Waals surface area contributed by atoms with Crippen LogP contribution in [0, 0.1) is 0 Å². The van der Waals surface area contributed by atoms with Crippen LogP contribution in [0.3, 0.4) is 0 Å². The van der Waals surface area contributed by atoms with Gasteiger partial charge in [-0.05, 0) is 24.6 Å². The van der Waals surface area contributed by atoms with Gasteiger partial charge in [-0.15, -0.1) is 0 Å². The van der Waals surface area contributed by atoms with E-state index in [1.54, 1.807) is 20.5 Å². The monoisotopic (exact) mass is 305 g/mol. The minimum Gasteiger partial charge on any atom is -0.497 e. The van der Waals surface area contributed by atoms with Gasteiger partial charge in [-0.25, -0.2) is 9.97 Å². The summed E-state index contributed by atoms with van der Waals surface area (Å²) in [5.41, 5.74) is 0. The van der Waals surface area contributed by atoms with E-state index >= 15 is 0 Å². The molecule has 21 heavy (non-hydrogen) atoms. The molecule has 0 atom stereocenters. The number of benzene rings is 1. The Bertz CT molecular complexity index is 593. The molecule has 0 aliphatic carbocycles. The summed E-state index contributed by atoms with van der Waals surface area (Å²) in [6, 6.07) is 7.83. The van der Waals surface area contributed by atoms with Crippen molar-refractivity contribution in [2.45, 2.75) is 23.3 Å². The van der Waals surface area contributed by atoms with Crippen molar-refractivity contribution in [2.75, 3.05) is 26.1 Å². The molecule has 1 aromatic carbocycles. The van der Waals surface area contributed by atoms with Crippen molar-refractivity contribution >= 4 is 17.6 Å². The zero-order valence-corrected chi connectivity index (χ0v) is 13.2. The summed E-state index contributed by atoms with van der Waals surface area (Å²) in [4.78, 5) is 9.59. The molecule has 0 saturated heterocycles. The van der Waals surface area contributed by atoms with Crippen molar-refractivity contribution in [3.8, 4) is 11.5 Å². The first kappa shape index (κ1) is 15.4. The largest absolute Gasteiger partial charge is 0.497 e. The van der Waals surface area contributed by atoms with Gasteiger partial charge in [-0.3, -0.25) is 0 Å². The van der Waals surface area contributed by atoms with Crippen LogP contribution in [0.5, 0.6) is 11.5 Å². The molecule has 0 unspecified atom stereocenters. The molecular formula is C15H19N3O2S. The van der Waals surface area contributed by atoms with Crippen molar-refractivity contribution in [3.05, 3.63) is 30.6 Å². The average Bonchev–Trinajstić information content (AvgIpc) is 2.53. The van der Waals surface area contributed by atoms with Gasteiger partial charge in [0, 0.05) is 11.4 Å². The molecule has 2 aromatic rings. The van der Waals surface area contributed by atoms with Crippen LogP contribution in [0.15, 0.2) is 40.5 Å². The third-order valence-corrected chi connectivity index (χ3v) is 3.75. The summed E-state index contributed by atoms with van der Waals surface area (Å²) < 4.78 is 10.7. The van der Waals surface area contributed by atoms with Crippen LogP contribution in [-0.4, -0.2) is 30.7 Å². The van der Waals surface area contributed by atoms with Gasteiger partial charge in [0.25, 0.3) is 0 Å². The average molecular weight is 305 g/mol. The Morgan fingerprint density at radius 2 is 2.05 bits per heavy atom. The second kappa shape index (κ2) is 7.73. The minimum absolute atomic E-state index is 0.666. The molecule has 0 bridgehead atoms. The summed E-state index contributed by atoms with van der Waals surface area (Å²) in [7, 11) is 3.28. The Kier molecular flexibility index (Phi) is 5.68. The van der Waals surface area contributed by atoms with Crippen molar-refractivity contribution in [1.82, 2.24) is 9.97 Å². The SMILES string of the molecule is CCCNc1ncnc(Sc2cccc(OC)c2)c1OC. The number of hydrogen-bond donors (Lipinski definition) is 1. The van der Waals surface area contributed by atoms with Crippen molar-refractivity contribution < 1.29 is 9.47 Å². The number of hydrogen-bond acceptors (Lipinski definition) is 6. The standard InChI is InChI=1S/C15H19N3O2S/c1-4-8-16-14-13(20-3)15(18-10-17-14)21-12-7-5-6-11(9-12)19-2/h5-7,9-10H,4,8H2,1-3H3,(H,16,17,18). The van der Waals surface area contributed by atoms with Gasteiger partial charge in [0.05, 0.1) is 14.2 Å². The van der Waals surface area contributed by atoms with Gasteiger partial charge in [0.2, 0.25) is 0 Å². The smallest absolute Gasteiger partial charge is 0.194 e. The Balaban J connectivity index is 2.26. The molecule has 0 aliphatic heterocycles. The second-order valence-corrected chi connectivity index (χ2v) is 5.33. The highest BCUT2D eigenvalue weighted by molar-refractivity contribution is 7.99. The second-order valence-electron chi connectivity index (χ2n) is 4.27. The first-order chi connectivity index (χ1) is 10.3. The number of anilines is 1. The van der Waals surface area contributed by atoms with E-state index in [0.29, 0.717) is 5.75 Å². The molecule has 0 radical (unpaired) electrons. The fourth-order valence-corrected chi connectivity index (χ4v) is 2.68. The van der Waals surface area contributed by atoms with Crippen LogP contribution in [0.25, 0.3) is 0 Å². The molecule has 5 nitrogen and oxygen atoms in total. The Morgan fingerprint density at radius 3 is 2.76 bits per heavy atom. The maximum absolute atomic E-state index is 5.46. The van der Waals surface area contributed by atoms with Gasteiger partial charge in [-0.2, -0.15) is 0 Å². The van der Waals surface area contributed by atoms with Gasteiger partial charge < -0.3 is 14.8 Å². The lowest BCUT2D eigenvalue weighted by atomic mass is 10.3. The lowest BCUT2D eigenvalue weighted by Crippen LogP contribution is -2.05. The van der Waals surface area contributed by atoms with Gasteiger partial charge in [0.1, 0.15) is 17.1 Å². The van der Waals surface area contributed by atoms with Crippen LogP contribution in [0.4, 0.5) is 5.82 Å². The van der Waals surface area contributed by atoms with Crippen LogP contribution >= 0.6 is 11.8 Å². The first-order valence-electron chi connectivity index (χ1n) is 6.73. The summed E-state index contributed by atoms with van der Waals surface area (Å²) in [5.74, 6) is 2.20. The highest BCUT2D eigenvalue weighted by Crippen LogP contribution is 2.37. The molecular weight excluding hydrogens is 286 g/mol. The third-order valence-electron chi connectivity index (χ3n) is 2.77. The zero-order chi connectivity index (χ0) is 15.1. The highest BCUT2D eigenvalue weighted by atomic mass is 32.2. The molecule has 1 heterocycles. The molecule has 0 spiro atoms. The Hall–Kier alpha value is -1.95. The lowest BCUT2D eigenvalue weighted by Gasteiger charge is -2.12. The van der Waals surface area contributed by atoms with E-state index in [1.807, 2.05) is 24.3 Å². The van der Waals surface area contributed by atoms with Crippen molar-refractivity contribution in [2.24, 2.45) is 0 Å². The minimum atomic E-state index is 0.666. The topological polar surface area (TPSA) is 56.3 Å². The van der Waals surface area contributed by atoms with E-state index < -0.39 is 0 Å². The first-order valence-corrected chi connectivity index (χ1v) is 7.55. The lowest BCUT2D eigenvalue weighted by molar-refractivity contribution is 0.400.